The third-order valence-electron chi connectivity index (χ3n) is 3.71. The van der Waals surface area contributed by atoms with Gasteiger partial charge in [0, 0.05) is 11.8 Å². The summed E-state index contributed by atoms with van der Waals surface area (Å²) in [6, 6.07) is 20.7. The molecule has 0 heterocycles. The van der Waals surface area contributed by atoms with Crippen molar-refractivity contribution >= 4 is 5.69 Å². The maximum absolute atomic E-state index is 8.58. The Morgan fingerprint density at radius 1 is 1.14 bits per heavy atom. The highest BCUT2D eigenvalue weighted by atomic mass is 16.5. The van der Waals surface area contributed by atoms with Gasteiger partial charge in [0.15, 0.2) is 6.61 Å². The maximum atomic E-state index is 8.58. The monoisotopic (exact) mass is 278 g/mol. The molecule has 0 amide bonds. The lowest BCUT2D eigenvalue weighted by Crippen LogP contribution is -2.12. The maximum Gasteiger partial charge on any atom is 0.174 e. The number of nitrogens with zero attached hydrogens (tertiary/aromatic N) is 1. The van der Waals surface area contributed by atoms with Crippen LogP contribution in [-0.4, -0.2) is 6.61 Å². The topological polar surface area (TPSA) is 45.0 Å². The SMILES string of the molecule is N#CCOc1cccc(NC(c2ccccc2)C2CC2)c1. The average Bonchev–Trinajstić information content (AvgIpc) is 3.37. The molecule has 3 heteroatoms. The minimum Gasteiger partial charge on any atom is -0.479 e. The fourth-order valence-electron chi connectivity index (χ4n) is 2.53. The zero-order valence-electron chi connectivity index (χ0n) is 11.8. The lowest BCUT2D eigenvalue weighted by atomic mass is 10.0. The average molecular weight is 278 g/mol. The van der Waals surface area contributed by atoms with Gasteiger partial charge in [-0.2, -0.15) is 5.26 Å². The van der Waals surface area contributed by atoms with Gasteiger partial charge in [-0.3, -0.25) is 0 Å². The molecule has 1 aliphatic carbocycles. The van der Waals surface area contributed by atoms with Crippen LogP contribution in [0.3, 0.4) is 0 Å². The smallest absolute Gasteiger partial charge is 0.174 e. The summed E-state index contributed by atoms with van der Waals surface area (Å²) < 4.78 is 5.36. The molecule has 0 bridgehead atoms. The summed E-state index contributed by atoms with van der Waals surface area (Å²) in [5.41, 5.74) is 2.36. The van der Waals surface area contributed by atoms with Crippen LogP contribution in [0.25, 0.3) is 0 Å². The molecule has 1 fully saturated rings. The van der Waals surface area contributed by atoms with Gasteiger partial charge >= 0.3 is 0 Å². The third kappa shape index (κ3) is 3.55. The van der Waals surface area contributed by atoms with Crippen LogP contribution in [0.4, 0.5) is 5.69 Å². The van der Waals surface area contributed by atoms with Gasteiger partial charge in [-0.05, 0) is 36.5 Å². The van der Waals surface area contributed by atoms with Crippen molar-refractivity contribution in [2.24, 2.45) is 5.92 Å². The summed E-state index contributed by atoms with van der Waals surface area (Å²) in [4.78, 5) is 0. The first-order valence-electron chi connectivity index (χ1n) is 7.28. The Kier molecular flexibility index (Phi) is 4.07. The van der Waals surface area contributed by atoms with Gasteiger partial charge in [0.1, 0.15) is 11.8 Å². The van der Waals surface area contributed by atoms with Crippen LogP contribution in [0, 0.1) is 17.2 Å². The molecule has 1 atom stereocenters. The predicted octanol–water partition coefficient (Wildman–Crippen LogP) is 4.15. The minimum absolute atomic E-state index is 0.0776. The molecule has 1 saturated carbocycles. The summed E-state index contributed by atoms with van der Waals surface area (Å²) in [5, 5.41) is 12.2. The van der Waals surface area contributed by atoms with Gasteiger partial charge in [-0.15, -0.1) is 0 Å². The van der Waals surface area contributed by atoms with Crippen LogP contribution < -0.4 is 10.1 Å². The van der Waals surface area contributed by atoms with Crippen molar-refractivity contribution in [3.8, 4) is 11.8 Å². The van der Waals surface area contributed by atoms with Crippen molar-refractivity contribution in [2.45, 2.75) is 18.9 Å². The van der Waals surface area contributed by atoms with E-state index in [-0.39, 0.29) is 6.61 Å². The zero-order chi connectivity index (χ0) is 14.5. The Morgan fingerprint density at radius 2 is 1.95 bits per heavy atom. The van der Waals surface area contributed by atoms with E-state index < -0.39 is 0 Å². The number of nitriles is 1. The molecule has 2 aromatic carbocycles. The Bertz CT molecular complexity index is 629. The van der Waals surface area contributed by atoms with Gasteiger partial charge in [0.2, 0.25) is 0 Å². The summed E-state index contributed by atoms with van der Waals surface area (Å²) in [7, 11) is 0. The van der Waals surface area contributed by atoms with E-state index in [4.69, 9.17) is 10.00 Å². The summed E-state index contributed by atoms with van der Waals surface area (Å²) in [6.07, 6.45) is 2.55. The number of rotatable bonds is 6. The number of nitrogens with one attached hydrogen (secondary N) is 1. The summed E-state index contributed by atoms with van der Waals surface area (Å²) in [6.45, 7) is 0.0776. The van der Waals surface area contributed by atoms with E-state index in [1.807, 2.05) is 36.4 Å². The molecule has 0 aromatic heterocycles. The molecule has 3 rings (SSSR count). The van der Waals surface area contributed by atoms with Crippen LogP contribution in [0.5, 0.6) is 5.75 Å². The second-order valence-corrected chi connectivity index (χ2v) is 5.34. The zero-order valence-corrected chi connectivity index (χ0v) is 11.8. The van der Waals surface area contributed by atoms with Crippen molar-refractivity contribution in [3.63, 3.8) is 0 Å². The van der Waals surface area contributed by atoms with Crippen LogP contribution >= 0.6 is 0 Å². The number of ether oxygens (including phenoxy) is 1. The molecule has 21 heavy (non-hydrogen) atoms. The summed E-state index contributed by atoms with van der Waals surface area (Å²) >= 11 is 0. The molecule has 1 N–H and O–H groups in total. The third-order valence-corrected chi connectivity index (χ3v) is 3.71. The normalized spacial score (nSPS) is 15.0. The molecule has 1 aliphatic rings. The molecule has 2 aromatic rings. The van der Waals surface area contributed by atoms with Crippen LogP contribution in [0.2, 0.25) is 0 Å². The molecule has 0 spiro atoms. The largest absolute Gasteiger partial charge is 0.479 e. The molecule has 1 unspecified atom stereocenters. The number of anilines is 1. The highest BCUT2D eigenvalue weighted by Crippen LogP contribution is 2.43. The van der Waals surface area contributed by atoms with Gasteiger partial charge in [0.05, 0.1) is 6.04 Å². The molecular weight excluding hydrogens is 260 g/mol. The highest BCUT2D eigenvalue weighted by Gasteiger charge is 2.32. The molecule has 106 valence electrons. The van der Waals surface area contributed by atoms with Crippen molar-refractivity contribution < 1.29 is 4.74 Å². The van der Waals surface area contributed by atoms with Crippen LogP contribution in [0.1, 0.15) is 24.4 Å². The van der Waals surface area contributed by atoms with Crippen molar-refractivity contribution in [1.29, 1.82) is 5.26 Å². The second kappa shape index (κ2) is 6.32. The molecule has 0 radical (unpaired) electrons. The van der Waals surface area contributed by atoms with Gasteiger partial charge in [-0.1, -0.05) is 36.4 Å². The Balaban J connectivity index is 1.76. The quantitative estimate of drug-likeness (QED) is 0.863. The van der Waals surface area contributed by atoms with Crippen LogP contribution in [-0.2, 0) is 0 Å². The first-order valence-corrected chi connectivity index (χ1v) is 7.28. The highest BCUT2D eigenvalue weighted by molar-refractivity contribution is 5.50. The van der Waals surface area contributed by atoms with Gasteiger partial charge < -0.3 is 10.1 Å². The fourth-order valence-corrected chi connectivity index (χ4v) is 2.53. The van der Waals surface area contributed by atoms with E-state index >= 15 is 0 Å². The van der Waals surface area contributed by atoms with E-state index in [0.717, 1.165) is 11.4 Å². The van der Waals surface area contributed by atoms with Crippen molar-refractivity contribution in [2.75, 3.05) is 11.9 Å². The standard InChI is InChI=1S/C18H18N2O/c19-11-12-21-17-8-4-7-16(13-17)20-18(15-9-10-15)14-5-2-1-3-6-14/h1-8,13,15,18,20H,9-10,12H2. The number of hydrogen-bond donors (Lipinski definition) is 1. The summed E-state index contributed by atoms with van der Waals surface area (Å²) in [5.74, 6) is 1.43. The van der Waals surface area contributed by atoms with E-state index in [2.05, 4.69) is 29.6 Å². The lowest BCUT2D eigenvalue weighted by Gasteiger charge is -2.20. The first-order chi connectivity index (χ1) is 10.4. The number of benzene rings is 2. The van der Waals surface area contributed by atoms with Crippen molar-refractivity contribution in [1.82, 2.24) is 0 Å². The van der Waals surface area contributed by atoms with Gasteiger partial charge in [0.25, 0.3) is 0 Å². The van der Waals surface area contributed by atoms with E-state index in [9.17, 15) is 0 Å². The van der Waals surface area contributed by atoms with E-state index in [1.165, 1.54) is 18.4 Å². The van der Waals surface area contributed by atoms with E-state index in [0.29, 0.717) is 12.0 Å². The molecular formula is C18H18N2O. The Morgan fingerprint density at radius 3 is 2.67 bits per heavy atom. The Hall–Kier alpha value is -2.47. The minimum atomic E-state index is 0.0776. The number of hydrogen-bond acceptors (Lipinski definition) is 3. The van der Waals surface area contributed by atoms with Crippen LogP contribution in [0.15, 0.2) is 54.6 Å². The molecule has 0 aliphatic heterocycles. The van der Waals surface area contributed by atoms with E-state index in [1.54, 1.807) is 0 Å². The molecule has 0 saturated heterocycles. The lowest BCUT2D eigenvalue weighted by molar-refractivity contribution is 0.368. The fraction of sp³-hybridized carbons (Fsp3) is 0.278. The first kappa shape index (κ1) is 13.5. The van der Waals surface area contributed by atoms with Gasteiger partial charge in [-0.25, -0.2) is 0 Å². The molecule has 3 nitrogen and oxygen atoms in total. The predicted molar refractivity (Wildman–Crippen MR) is 83.1 cm³/mol. The Labute approximate surface area is 125 Å². The van der Waals surface area contributed by atoms with Crippen molar-refractivity contribution in [3.05, 3.63) is 60.2 Å². The second-order valence-electron chi connectivity index (χ2n) is 5.34.